The highest BCUT2D eigenvalue weighted by molar-refractivity contribution is 6.05. The molecule has 1 aliphatic heterocycles. The van der Waals surface area contributed by atoms with E-state index in [4.69, 9.17) is 4.74 Å². The van der Waals surface area contributed by atoms with Gasteiger partial charge in [0.15, 0.2) is 23.7 Å². The van der Waals surface area contributed by atoms with Crippen LogP contribution in [0.4, 0.5) is 0 Å². The van der Waals surface area contributed by atoms with E-state index in [1.807, 2.05) is 0 Å². The Bertz CT molecular complexity index is 776. The summed E-state index contributed by atoms with van der Waals surface area (Å²) in [5, 5.41) is 48.1. The van der Waals surface area contributed by atoms with Crippen molar-refractivity contribution in [3.05, 3.63) is 41.5 Å². The predicted octanol–water partition coefficient (Wildman–Crippen LogP) is -2.94. The normalized spacial score (nSPS) is 16.6. The molecule has 1 heterocycles. The molecule has 12 heteroatoms. The van der Waals surface area contributed by atoms with E-state index in [9.17, 15) is 30.3 Å². The Morgan fingerprint density at radius 3 is 1.93 bits per heavy atom. The lowest BCUT2D eigenvalue weighted by Crippen LogP contribution is -2.36. The summed E-state index contributed by atoms with van der Waals surface area (Å²) >= 11 is 0. The molecule has 0 spiro atoms. The van der Waals surface area contributed by atoms with Crippen molar-refractivity contribution < 1.29 is 62.4 Å². The van der Waals surface area contributed by atoms with Gasteiger partial charge in [0.05, 0.1) is 0 Å². The number of phenols is 4. The molecule has 0 saturated heterocycles. The minimum absolute atomic E-state index is 0. The van der Waals surface area contributed by atoms with Crippen LogP contribution in [0, 0.1) is 0 Å². The zero-order valence-electron chi connectivity index (χ0n) is 13.6. The fourth-order valence-corrected chi connectivity index (χ4v) is 2.38. The largest absolute Gasteiger partial charge is 0.508 e. The van der Waals surface area contributed by atoms with Gasteiger partial charge in [0.1, 0.15) is 22.8 Å². The summed E-state index contributed by atoms with van der Waals surface area (Å²) in [6.45, 7) is 0. The first kappa shape index (κ1) is 28.7. The van der Waals surface area contributed by atoms with Crippen molar-refractivity contribution in [1.82, 2.24) is 0 Å². The highest BCUT2D eigenvalue weighted by Gasteiger charge is 2.39. The van der Waals surface area contributed by atoms with Crippen molar-refractivity contribution >= 4 is 5.78 Å². The second kappa shape index (κ2) is 10.1. The Hall–Kier alpha value is -3.13. The zero-order valence-corrected chi connectivity index (χ0v) is 13.6. The average Bonchev–Trinajstić information content (AvgIpc) is 2.45. The van der Waals surface area contributed by atoms with E-state index in [0.29, 0.717) is 0 Å². The maximum absolute atomic E-state index is 12.2. The highest BCUT2D eigenvalue weighted by atomic mass is 16.5. The Morgan fingerprint density at radius 2 is 1.37 bits per heavy atom. The molecular formula is C15H22O12. The smallest absolute Gasteiger partial charge is 0.202 e. The SMILES string of the molecule is O.O.O.O.O.O=C1c2c(O)cc(O)cc2OC(c2ccc(O)c(O)c2)C1O. The van der Waals surface area contributed by atoms with Crippen LogP contribution >= 0.6 is 0 Å². The molecule has 0 saturated carbocycles. The summed E-state index contributed by atoms with van der Waals surface area (Å²) in [6, 6.07) is 5.85. The molecule has 0 bridgehead atoms. The van der Waals surface area contributed by atoms with Crippen molar-refractivity contribution in [1.29, 1.82) is 0 Å². The molecule has 12 nitrogen and oxygen atoms in total. The van der Waals surface area contributed by atoms with E-state index < -0.39 is 29.5 Å². The maximum atomic E-state index is 12.2. The quantitative estimate of drug-likeness (QED) is 0.313. The average molecular weight is 394 g/mol. The van der Waals surface area contributed by atoms with Gasteiger partial charge < -0.3 is 57.7 Å². The highest BCUT2D eigenvalue weighted by Crippen LogP contribution is 2.42. The number of rotatable bonds is 1. The summed E-state index contributed by atoms with van der Waals surface area (Å²) in [6.07, 6.45) is -2.75. The summed E-state index contributed by atoms with van der Waals surface area (Å²) in [7, 11) is 0. The Kier molecular flexibility index (Phi) is 10.7. The number of fused-ring (bicyclic) bond motifs is 1. The number of Topliss-reactive ketones (excluding diaryl/α,β-unsaturated/α-hetero) is 1. The lowest BCUT2D eigenvalue weighted by molar-refractivity contribution is 0.0210. The molecule has 15 N–H and O–H groups in total. The third kappa shape index (κ3) is 4.73. The third-order valence-electron chi connectivity index (χ3n) is 3.45. The maximum Gasteiger partial charge on any atom is 0.202 e. The lowest BCUT2D eigenvalue weighted by Gasteiger charge is -2.30. The first-order chi connectivity index (χ1) is 10.4. The van der Waals surface area contributed by atoms with E-state index in [0.717, 1.165) is 18.2 Å². The topological polar surface area (TPSA) is 285 Å². The number of aliphatic hydroxyl groups excluding tert-OH is 1. The molecule has 2 aromatic rings. The van der Waals surface area contributed by atoms with E-state index in [-0.39, 0.29) is 55.8 Å². The van der Waals surface area contributed by atoms with Crippen LogP contribution in [0.25, 0.3) is 0 Å². The van der Waals surface area contributed by atoms with Gasteiger partial charge in [-0.15, -0.1) is 0 Å². The van der Waals surface area contributed by atoms with Crippen LogP contribution in [-0.2, 0) is 0 Å². The first-order valence-electron chi connectivity index (χ1n) is 6.35. The van der Waals surface area contributed by atoms with Crippen LogP contribution in [-0.4, -0.2) is 64.8 Å². The van der Waals surface area contributed by atoms with Crippen LogP contribution < -0.4 is 4.74 Å². The minimum atomic E-state index is -1.60. The number of phenolic OH excluding ortho intramolecular Hbond substituents is 4. The molecule has 2 unspecified atom stereocenters. The molecule has 0 aliphatic carbocycles. The molecule has 0 fully saturated rings. The second-order valence-corrected chi connectivity index (χ2v) is 4.93. The van der Waals surface area contributed by atoms with Crippen LogP contribution in [0.15, 0.2) is 30.3 Å². The van der Waals surface area contributed by atoms with E-state index >= 15 is 0 Å². The minimum Gasteiger partial charge on any atom is -0.508 e. The van der Waals surface area contributed by atoms with Gasteiger partial charge in [-0.2, -0.15) is 0 Å². The molecular weight excluding hydrogens is 372 g/mol. The summed E-state index contributed by atoms with van der Waals surface area (Å²) in [5.74, 6) is -2.41. The van der Waals surface area contributed by atoms with Gasteiger partial charge in [-0.05, 0) is 17.7 Å². The van der Waals surface area contributed by atoms with Gasteiger partial charge in [0, 0.05) is 12.1 Å². The lowest BCUT2D eigenvalue weighted by atomic mass is 9.92. The van der Waals surface area contributed by atoms with E-state index in [2.05, 4.69) is 0 Å². The molecule has 0 radical (unpaired) electrons. The number of carbonyl (C=O) groups is 1. The molecule has 2 atom stereocenters. The van der Waals surface area contributed by atoms with Gasteiger partial charge in [0.2, 0.25) is 5.78 Å². The third-order valence-corrected chi connectivity index (χ3v) is 3.45. The van der Waals surface area contributed by atoms with Crippen LogP contribution in [0.5, 0.6) is 28.7 Å². The van der Waals surface area contributed by atoms with Crippen molar-refractivity contribution in [2.24, 2.45) is 0 Å². The van der Waals surface area contributed by atoms with Gasteiger partial charge in [-0.25, -0.2) is 0 Å². The number of hydrogen-bond acceptors (Lipinski definition) is 7. The fourth-order valence-electron chi connectivity index (χ4n) is 2.38. The Morgan fingerprint density at radius 1 is 0.778 bits per heavy atom. The van der Waals surface area contributed by atoms with Crippen LogP contribution in [0.1, 0.15) is 22.0 Å². The van der Waals surface area contributed by atoms with Crippen LogP contribution in [0.3, 0.4) is 0 Å². The summed E-state index contributed by atoms with van der Waals surface area (Å²) in [4.78, 5) is 12.2. The van der Waals surface area contributed by atoms with Gasteiger partial charge in [-0.3, -0.25) is 4.79 Å². The number of benzene rings is 2. The summed E-state index contributed by atoms with van der Waals surface area (Å²) < 4.78 is 5.47. The van der Waals surface area contributed by atoms with Crippen molar-refractivity contribution in [2.45, 2.75) is 12.2 Å². The number of aromatic hydroxyl groups is 4. The first-order valence-corrected chi connectivity index (χ1v) is 6.35. The van der Waals surface area contributed by atoms with E-state index in [1.165, 1.54) is 12.1 Å². The summed E-state index contributed by atoms with van der Waals surface area (Å²) in [5.41, 5.74) is 0.0363. The molecule has 154 valence electrons. The number of ether oxygens (including phenoxy) is 1. The Labute approximate surface area is 151 Å². The molecule has 2 aromatic carbocycles. The molecule has 0 amide bonds. The Balaban J connectivity index is -0.00000115. The second-order valence-electron chi connectivity index (χ2n) is 4.93. The van der Waals surface area contributed by atoms with Crippen molar-refractivity contribution in [3.8, 4) is 28.7 Å². The van der Waals surface area contributed by atoms with Gasteiger partial charge in [-0.1, -0.05) is 6.07 Å². The number of carbonyl (C=O) groups excluding carboxylic acids is 1. The molecule has 0 aromatic heterocycles. The molecule has 3 rings (SSSR count). The standard InChI is InChI=1S/C15H12O7.5H2O/c16-7-4-10(19)12-11(5-7)22-15(14(21)13(12)20)6-1-2-8(17)9(18)3-6;;;;;/h1-5,14-19,21H;5*1H2. The van der Waals surface area contributed by atoms with Crippen molar-refractivity contribution in [3.63, 3.8) is 0 Å². The number of ketones is 1. The molecule has 1 aliphatic rings. The van der Waals surface area contributed by atoms with Gasteiger partial charge >= 0.3 is 0 Å². The number of hydrogen-bond donors (Lipinski definition) is 5. The van der Waals surface area contributed by atoms with Gasteiger partial charge in [0.25, 0.3) is 0 Å². The monoisotopic (exact) mass is 394 g/mol. The van der Waals surface area contributed by atoms with E-state index in [1.54, 1.807) is 0 Å². The van der Waals surface area contributed by atoms with Crippen molar-refractivity contribution in [2.75, 3.05) is 0 Å². The predicted molar refractivity (Wildman–Crippen MR) is 91.3 cm³/mol. The fraction of sp³-hybridized carbons (Fsp3) is 0.133. The van der Waals surface area contributed by atoms with Crippen LogP contribution in [0.2, 0.25) is 0 Å². The zero-order chi connectivity index (χ0) is 16.0. The number of aliphatic hydroxyl groups is 1. The molecule has 27 heavy (non-hydrogen) atoms.